The highest BCUT2D eigenvalue weighted by molar-refractivity contribution is 6.32. The van der Waals surface area contributed by atoms with Crippen molar-refractivity contribution in [3.8, 4) is 5.75 Å². The second kappa shape index (κ2) is 5.04. The summed E-state index contributed by atoms with van der Waals surface area (Å²) >= 11 is 6.17. The van der Waals surface area contributed by atoms with Crippen molar-refractivity contribution in [2.45, 2.75) is 32.2 Å². The predicted molar refractivity (Wildman–Crippen MR) is 63.3 cm³/mol. The van der Waals surface area contributed by atoms with E-state index in [2.05, 4.69) is 5.48 Å². The average Bonchev–Trinajstić information content (AvgIpc) is 2.29. The Kier molecular flexibility index (Phi) is 3.69. The molecule has 1 aromatic rings. The molecule has 0 atom stereocenters. The van der Waals surface area contributed by atoms with Gasteiger partial charge in [-0.2, -0.15) is 0 Å². The fraction of sp³-hybridized carbons (Fsp3) is 0.500. The summed E-state index contributed by atoms with van der Waals surface area (Å²) in [7, 11) is 1.61. The Hall–Kier alpha value is -0.770. The van der Waals surface area contributed by atoms with Crippen molar-refractivity contribution >= 4 is 11.6 Å². The zero-order valence-electron chi connectivity index (χ0n) is 9.35. The Morgan fingerprint density at radius 3 is 2.88 bits per heavy atom. The number of aryl methyl sites for hydroxylation is 1. The van der Waals surface area contributed by atoms with E-state index < -0.39 is 0 Å². The molecule has 2 rings (SSSR count). The van der Waals surface area contributed by atoms with Gasteiger partial charge < -0.3 is 9.94 Å². The molecule has 1 aliphatic carbocycles. The molecule has 0 saturated heterocycles. The van der Waals surface area contributed by atoms with Crippen LogP contribution in [-0.2, 0) is 19.4 Å². The number of nitrogens with one attached hydrogen (secondary N) is 1. The van der Waals surface area contributed by atoms with Crippen LogP contribution in [0.2, 0.25) is 5.02 Å². The van der Waals surface area contributed by atoms with E-state index >= 15 is 0 Å². The molecular weight excluding hydrogens is 226 g/mol. The third kappa shape index (κ3) is 2.03. The fourth-order valence-electron chi connectivity index (χ4n) is 2.42. The van der Waals surface area contributed by atoms with Crippen LogP contribution < -0.4 is 10.2 Å². The molecule has 0 spiro atoms. The highest BCUT2D eigenvalue weighted by Gasteiger charge is 2.19. The van der Waals surface area contributed by atoms with Gasteiger partial charge in [0.05, 0.1) is 12.1 Å². The maximum absolute atomic E-state index is 8.88. The molecule has 0 aliphatic heterocycles. The van der Waals surface area contributed by atoms with Gasteiger partial charge in [-0.05, 0) is 42.9 Å². The third-order valence-corrected chi connectivity index (χ3v) is 3.41. The van der Waals surface area contributed by atoms with Crippen LogP contribution >= 0.6 is 11.6 Å². The van der Waals surface area contributed by atoms with Crippen molar-refractivity contribution in [2.75, 3.05) is 7.11 Å². The molecule has 1 aliphatic rings. The molecule has 1 aromatic carbocycles. The number of fused-ring (bicyclic) bond motifs is 1. The number of hydrogen-bond acceptors (Lipinski definition) is 3. The zero-order chi connectivity index (χ0) is 11.5. The summed E-state index contributed by atoms with van der Waals surface area (Å²) in [6, 6.07) is 2.00. The molecule has 0 aromatic heterocycles. The largest absolute Gasteiger partial charge is 0.495 e. The lowest BCUT2D eigenvalue weighted by atomic mass is 9.87. The van der Waals surface area contributed by atoms with E-state index in [1.165, 1.54) is 24.0 Å². The number of rotatable bonds is 3. The minimum Gasteiger partial charge on any atom is -0.495 e. The summed E-state index contributed by atoms with van der Waals surface area (Å²) in [4.78, 5) is 0. The van der Waals surface area contributed by atoms with Gasteiger partial charge in [-0.3, -0.25) is 0 Å². The third-order valence-electron chi connectivity index (χ3n) is 3.13. The SMILES string of the molecule is COc1c(Cl)cc2c(c1CNO)CCCC2. The molecule has 2 N–H and O–H groups in total. The maximum Gasteiger partial charge on any atom is 0.142 e. The highest BCUT2D eigenvalue weighted by Crippen LogP contribution is 2.37. The Bertz CT molecular complexity index is 393. The van der Waals surface area contributed by atoms with Gasteiger partial charge in [-0.25, -0.2) is 5.48 Å². The molecule has 0 radical (unpaired) electrons. The first-order valence-electron chi connectivity index (χ1n) is 5.52. The summed E-state index contributed by atoms with van der Waals surface area (Å²) in [6.45, 7) is 0.381. The Labute approximate surface area is 100 Å². The van der Waals surface area contributed by atoms with Gasteiger partial charge in [0.2, 0.25) is 0 Å². The summed E-state index contributed by atoms with van der Waals surface area (Å²) < 4.78 is 5.31. The lowest BCUT2D eigenvalue weighted by Crippen LogP contribution is -2.14. The number of ether oxygens (including phenoxy) is 1. The van der Waals surface area contributed by atoms with E-state index in [0.29, 0.717) is 17.3 Å². The molecule has 16 heavy (non-hydrogen) atoms. The molecule has 0 bridgehead atoms. The highest BCUT2D eigenvalue weighted by atomic mass is 35.5. The van der Waals surface area contributed by atoms with Crippen LogP contribution in [0.15, 0.2) is 6.07 Å². The normalized spacial score (nSPS) is 14.7. The van der Waals surface area contributed by atoms with Crippen molar-refractivity contribution in [1.29, 1.82) is 0 Å². The van der Waals surface area contributed by atoms with Gasteiger partial charge in [0.15, 0.2) is 0 Å². The van der Waals surface area contributed by atoms with Crippen LogP contribution in [-0.4, -0.2) is 12.3 Å². The molecule has 88 valence electrons. The number of hydrogen-bond donors (Lipinski definition) is 2. The number of methoxy groups -OCH3 is 1. The van der Waals surface area contributed by atoms with Gasteiger partial charge in [-0.1, -0.05) is 11.6 Å². The van der Waals surface area contributed by atoms with E-state index in [9.17, 15) is 0 Å². The fourth-order valence-corrected chi connectivity index (χ4v) is 2.74. The number of halogens is 1. The first-order valence-corrected chi connectivity index (χ1v) is 5.89. The van der Waals surface area contributed by atoms with E-state index in [-0.39, 0.29) is 0 Å². The van der Waals surface area contributed by atoms with Crippen molar-refractivity contribution in [3.05, 3.63) is 27.8 Å². The van der Waals surface area contributed by atoms with Crippen molar-refractivity contribution in [1.82, 2.24) is 5.48 Å². The quantitative estimate of drug-likeness (QED) is 0.800. The first-order chi connectivity index (χ1) is 7.77. The van der Waals surface area contributed by atoms with Gasteiger partial charge in [0.25, 0.3) is 0 Å². The van der Waals surface area contributed by atoms with E-state index in [1.807, 2.05) is 6.07 Å². The van der Waals surface area contributed by atoms with E-state index in [4.69, 9.17) is 21.5 Å². The van der Waals surface area contributed by atoms with E-state index in [1.54, 1.807) is 7.11 Å². The topological polar surface area (TPSA) is 41.5 Å². The summed E-state index contributed by atoms with van der Waals surface area (Å²) in [5, 5.41) is 9.52. The summed E-state index contributed by atoms with van der Waals surface area (Å²) in [5.41, 5.74) is 5.77. The number of hydroxylamine groups is 1. The second-order valence-electron chi connectivity index (χ2n) is 4.05. The van der Waals surface area contributed by atoms with Gasteiger partial charge in [0.1, 0.15) is 5.75 Å². The molecule has 3 nitrogen and oxygen atoms in total. The molecule has 0 heterocycles. The van der Waals surface area contributed by atoms with Crippen LogP contribution in [0.25, 0.3) is 0 Å². The Morgan fingerprint density at radius 1 is 1.44 bits per heavy atom. The Morgan fingerprint density at radius 2 is 2.19 bits per heavy atom. The van der Waals surface area contributed by atoms with Crippen LogP contribution in [0.1, 0.15) is 29.5 Å². The average molecular weight is 242 g/mol. The lowest BCUT2D eigenvalue weighted by molar-refractivity contribution is 0.159. The van der Waals surface area contributed by atoms with Crippen molar-refractivity contribution in [2.24, 2.45) is 0 Å². The van der Waals surface area contributed by atoms with Crippen LogP contribution in [0.3, 0.4) is 0 Å². The standard InChI is InChI=1S/C12H16ClNO2/c1-16-12-10(7-14-15)9-5-3-2-4-8(9)6-11(12)13/h6,14-15H,2-5,7H2,1H3. The molecule has 0 unspecified atom stereocenters. The smallest absolute Gasteiger partial charge is 0.142 e. The van der Waals surface area contributed by atoms with Crippen molar-refractivity contribution < 1.29 is 9.94 Å². The van der Waals surface area contributed by atoms with Crippen LogP contribution in [0, 0.1) is 0 Å². The predicted octanol–water partition coefficient (Wildman–Crippen LogP) is 2.71. The molecular formula is C12H16ClNO2. The van der Waals surface area contributed by atoms with E-state index in [0.717, 1.165) is 18.4 Å². The zero-order valence-corrected chi connectivity index (χ0v) is 10.1. The summed E-state index contributed by atoms with van der Waals surface area (Å²) in [5.74, 6) is 0.684. The lowest BCUT2D eigenvalue weighted by Gasteiger charge is -2.22. The van der Waals surface area contributed by atoms with Crippen molar-refractivity contribution in [3.63, 3.8) is 0 Å². The molecule has 0 saturated carbocycles. The molecule has 4 heteroatoms. The maximum atomic E-state index is 8.88. The Balaban J connectivity index is 2.54. The van der Waals surface area contributed by atoms with Crippen LogP contribution in [0.5, 0.6) is 5.75 Å². The van der Waals surface area contributed by atoms with Gasteiger partial charge >= 0.3 is 0 Å². The van der Waals surface area contributed by atoms with Crippen LogP contribution in [0.4, 0.5) is 0 Å². The summed E-state index contributed by atoms with van der Waals surface area (Å²) in [6.07, 6.45) is 4.51. The second-order valence-corrected chi connectivity index (χ2v) is 4.46. The molecule has 0 fully saturated rings. The molecule has 0 amide bonds. The monoisotopic (exact) mass is 241 g/mol. The minimum atomic E-state index is 0.381. The first kappa shape index (κ1) is 11.7. The van der Waals surface area contributed by atoms with Gasteiger partial charge in [0, 0.05) is 12.1 Å². The number of benzene rings is 1. The van der Waals surface area contributed by atoms with Gasteiger partial charge in [-0.15, -0.1) is 0 Å². The minimum absolute atomic E-state index is 0.381.